The van der Waals surface area contributed by atoms with Gasteiger partial charge in [-0.25, -0.2) is 4.99 Å². The van der Waals surface area contributed by atoms with Crippen LogP contribution < -0.4 is 19.6 Å². The van der Waals surface area contributed by atoms with E-state index < -0.39 is 0 Å². The molecule has 2 aliphatic rings. The van der Waals surface area contributed by atoms with Gasteiger partial charge in [0.1, 0.15) is 11.5 Å². The van der Waals surface area contributed by atoms with Crippen LogP contribution in [0.2, 0.25) is 0 Å². The fourth-order valence-corrected chi connectivity index (χ4v) is 5.88. The molecule has 1 aliphatic carbocycles. The number of carbonyl (C=O) groups excluding carboxylic acids is 1. The van der Waals surface area contributed by atoms with Crippen molar-refractivity contribution in [3.05, 3.63) is 88.0 Å². The number of hydrogen-bond acceptors (Lipinski definition) is 5. The summed E-state index contributed by atoms with van der Waals surface area (Å²) >= 11 is 1.63. The number of nitrogens with one attached hydrogen (secondary N) is 1. The summed E-state index contributed by atoms with van der Waals surface area (Å²) in [7, 11) is 1.66. The summed E-state index contributed by atoms with van der Waals surface area (Å²) in [6.07, 6.45) is 3.27. The van der Waals surface area contributed by atoms with Gasteiger partial charge in [0.25, 0.3) is 5.91 Å². The molecule has 1 aromatic heterocycles. The third-order valence-electron chi connectivity index (χ3n) is 6.60. The zero-order valence-electron chi connectivity index (χ0n) is 19.4. The second-order valence-electron chi connectivity index (χ2n) is 8.74. The standard InChI is InChI=1S/C28H25N3O3S/c1-33-21-12-10-20(11-13-21)29-28-31(24-8-4-6-18-5-2-3-7-22(18)24)25(17-35-28)19-9-14-26-23(15-19)30-27(32)16-34-26/h2-3,5,7,9-15,17,24H,4,6,8,16H2,1H3,(H,30,32). The Morgan fingerprint density at radius 1 is 1.11 bits per heavy atom. The van der Waals surface area contributed by atoms with Crippen LogP contribution in [0.15, 0.2) is 77.1 Å². The highest BCUT2D eigenvalue weighted by molar-refractivity contribution is 7.07. The van der Waals surface area contributed by atoms with E-state index in [1.54, 1.807) is 18.4 Å². The van der Waals surface area contributed by atoms with Crippen molar-refractivity contribution in [3.8, 4) is 22.8 Å². The Balaban J connectivity index is 1.52. The first-order valence-electron chi connectivity index (χ1n) is 11.7. The van der Waals surface area contributed by atoms with Crippen molar-refractivity contribution in [1.82, 2.24) is 4.57 Å². The van der Waals surface area contributed by atoms with Gasteiger partial charge in [0, 0.05) is 10.9 Å². The summed E-state index contributed by atoms with van der Waals surface area (Å²) in [5.74, 6) is 1.37. The summed E-state index contributed by atoms with van der Waals surface area (Å²) in [4.78, 5) is 17.9. The first kappa shape index (κ1) is 21.7. The molecule has 1 N–H and O–H groups in total. The summed E-state index contributed by atoms with van der Waals surface area (Å²) in [6, 6.07) is 22.7. The van der Waals surface area contributed by atoms with Crippen molar-refractivity contribution in [1.29, 1.82) is 0 Å². The third-order valence-corrected chi connectivity index (χ3v) is 7.44. The summed E-state index contributed by atoms with van der Waals surface area (Å²) in [6.45, 7) is 0.0501. The lowest BCUT2D eigenvalue weighted by atomic mass is 9.87. The molecule has 0 saturated carbocycles. The third kappa shape index (κ3) is 4.12. The predicted molar refractivity (Wildman–Crippen MR) is 138 cm³/mol. The normalized spacial score (nSPS) is 17.2. The van der Waals surface area contributed by atoms with Crippen molar-refractivity contribution >= 4 is 28.6 Å². The molecule has 2 heterocycles. The number of fused-ring (bicyclic) bond motifs is 2. The van der Waals surface area contributed by atoms with Crippen molar-refractivity contribution in [2.24, 2.45) is 4.99 Å². The molecular weight excluding hydrogens is 458 g/mol. The van der Waals surface area contributed by atoms with Crippen LogP contribution in [0, 0.1) is 0 Å². The molecule has 1 unspecified atom stereocenters. The molecule has 3 aromatic carbocycles. The lowest BCUT2D eigenvalue weighted by molar-refractivity contribution is -0.118. The number of hydrogen-bond donors (Lipinski definition) is 1. The fourth-order valence-electron chi connectivity index (χ4n) is 4.92. The molecule has 1 atom stereocenters. The highest BCUT2D eigenvalue weighted by Gasteiger charge is 2.26. The molecular formula is C28H25N3O3S. The number of aromatic nitrogens is 1. The van der Waals surface area contributed by atoms with Crippen LogP contribution in [0.3, 0.4) is 0 Å². The number of rotatable bonds is 4. The fraction of sp³-hybridized carbons (Fsp3) is 0.214. The predicted octanol–water partition coefficient (Wildman–Crippen LogP) is 5.71. The van der Waals surface area contributed by atoms with Gasteiger partial charge in [0.05, 0.1) is 30.2 Å². The van der Waals surface area contributed by atoms with E-state index in [1.807, 2.05) is 36.4 Å². The number of amides is 1. The van der Waals surface area contributed by atoms with Gasteiger partial charge in [-0.15, -0.1) is 11.3 Å². The van der Waals surface area contributed by atoms with Gasteiger partial charge in [-0.3, -0.25) is 4.79 Å². The second-order valence-corrected chi connectivity index (χ2v) is 9.57. The topological polar surface area (TPSA) is 64.8 Å². The maximum Gasteiger partial charge on any atom is 0.262 e. The minimum absolute atomic E-state index is 0.0501. The van der Waals surface area contributed by atoms with Crippen molar-refractivity contribution in [3.63, 3.8) is 0 Å². The molecule has 1 aliphatic heterocycles. The molecule has 7 heteroatoms. The molecule has 0 fully saturated rings. The van der Waals surface area contributed by atoms with Crippen LogP contribution in [-0.4, -0.2) is 24.2 Å². The quantitative estimate of drug-likeness (QED) is 0.404. The Kier molecular flexibility index (Phi) is 5.62. The minimum Gasteiger partial charge on any atom is -0.497 e. The van der Waals surface area contributed by atoms with Gasteiger partial charge in [-0.05, 0) is 72.9 Å². The zero-order valence-corrected chi connectivity index (χ0v) is 20.2. The maximum atomic E-state index is 11.9. The average molecular weight is 484 g/mol. The smallest absolute Gasteiger partial charge is 0.262 e. The Hall–Kier alpha value is -3.84. The SMILES string of the molecule is COc1ccc(N=c2scc(-c3ccc4c(c3)NC(=O)CO4)n2C2CCCc3ccccc32)cc1. The molecule has 0 radical (unpaired) electrons. The van der Waals surface area contributed by atoms with E-state index in [9.17, 15) is 4.79 Å². The van der Waals surface area contributed by atoms with Crippen LogP contribution in [-0.2, 0) is 11.2 Å². The number of nitrogens with zero attached hydrogens (tertiary/aromatic N) is 2. The first-order chi connectivity index (χ1) is 17.2. The van der Waals surface area contributed by atoms with E-state index in [1.165, 1.54) is 11.1 Å². The minimum atomic E-state index is -0.135. The monoisotopic (exact) mass is 483 g/mol. The highest BCUT2D eigenvalue weighted by Crippen LogP contribution is 2.38. The summed E-state index contributed by atoms with van der Waals surface area (Å²) in [5.41, 5.74) is 6.42. The number of anilines is 1. The molecule has 0 spiro atoms. The van der Waals surface area contributed by atoms with Gasteiger partial charge in [-0.1, -0.05) is 24.3 Å². The van der Waals surface area contributed by atoms with Crippen molar-refractivity contribution in [2.45, 2.75) is 25.3 Å². The average Bonchev–Trinajstić information content (AvgIpc) is 3.31. The van der Waals surface area contributed by atoms with Crippen LogP contribution >= 0.6 is 11.3 Å². The Morgan fingerprint density at radius 2 is 1.97 bits per heavy atom. The van der Waals surface area contributed by atoms with E-state index >= 15 is 0 Å². The number of carbonyl (C=O) groups is 1. The van der Waals surface area contributed by atoms with Crippen LogP contribution in [0.25, 0.3) is 11.3 Å². The Morgan fingerprint density at radius 3 is 2.83 bits per heavy atom. The zero-order chi connectivity index (χ0) is 23.8. The highest BCUT2D eigenvalue weighted by atomic mass is 32.1. The van der Waals surface area contributed by atoms with E-state index in [2.05, 4.69) is 45.6 Å². The van der Waals surface area contributed by atoms with Crippen LogP contribution in [0.1, 0.15) is 30.0 Å². The number of benzene rings is 3. The number of aryl methyl sites for hydroxylation is 1. The van der Waals surface area contributed by atoms with Gasteiger partial charge < -0.3 is 19.4 Å². The summed E-state index contributed by atoms with van der Waals surface area (Å²) in [5, 5.41) is 5.10. The largest absolute Gasteiger partial charge is 0.497 e. The van der Waals surface area contributed by atoms with E-state index in [0.717, 1.165) is 46.8 Å². The van der Waals surface area contributed by atoms with E-state index in [0.29, 0.717) is 11.4 Å². The lowest BCUT2D eigenvalue weighted by Crippen LogP contribution is -2.26. The first-order valence-corrected chi connectivity index (χ1v) is 12.6. The molecule has 35 heavy (non-hydrogen) atoms. The maximum absolute atomic E-state index is 11.9. The van der Waals surface area contributed by atoms with Gasteiger partial charge in [0.15, 0.2) is 11.4 Å². The molecule has 176 valence electrons. The second kappa shape index (κ2) is 9.07. The summed E-state index contributed by atoms with van der Waals surface area (Å²) < 4.78 is 13.2. The molecule has 1 amide bonds. The van der Waals surface area contributed by atoms with Crippen LogP contribution in [0.4, 0.5) is 11.4 Å². The number of methoxy groups -OCH3 is 1. The lowest BCUT2D eigenvalue weighted by Gasteiger charge is -2.28. The molecule has 0 bridgehead atoms. The van der Waals surface area contributed by atoms with Crippen molar-refractivity contribution in [2.75, 3.05) is 19.0 Å². The number of ether oxygens (including phenoxy) is 2. The number of thiazole rings is 1. The molecule has 6 rings (SSSR count). The molecule has 6 nitrogen and oxygen atoms in total. The van der Waals surface area contributed by atoms with Crippen molar-refractivity contribution < 1.29 is 14.3 Å². The molecule has 4 aromatic rings. The van der Waals surface area contributed by atoms with Gasteiger partial charge in [0.2, 0.25) is 0 Å². The van der Waals surface area contributed by atoms with E-state index in [4.69, 9.17) is 14.5 Å². The van der Waals surface area contributed by atoms with E-state index in [-0.39, 0.29) is 18.6 Å². The molecule has 0 saturated heterocycles. The Labute approximate surface area is 207 Å². The Bertz CT molecular complexity index is 1470. The van der Waals surface area contributed by atoms with Crippen LogP contribution in [0.5, 0.6) is 11.5 Å². The van der Waals surface area contributed by atoms with Gasteiger partial charge in [-0.2, -0.15) is 0 Å². The van der Waals surface area contributed by atoms with Gasteiger partial charge >= 0.3 is 0 Å².